The number of amides is 1. The highest BCUT2D eigenvalue weighted by Gasteiger charge is 2.20. The maximum absolute atomic E-state index is 12.6. The van der Waals surface area contributed by atoms with E-state index in [0.29, 0.717) is 22.8 Å². The van der Waals surface area contributed by atoms with E-state index in [2.05, 4.69) is 27.3 Å². The van der Waals surface area contributed by atoms with Crippen LogP contribution in [-0.4, -0.2) is 65.7 Å². The quantitative estimate of drug-likeness (QED) is 0.153. The van der Waals surface area contributed by atoms with Gasteiger partial charge in [0.2, 0.25) is 0 Å². The standard InChI is InChI=1S/C27H26N4O6.C11H13N3/c1-19-25(29-31(28-19)21-6-4-3-5-7-21)18-36-23-10-8-20(9-11-23)16-30(17-26(32)33)27(34)37-24-14-12-22(35-2)13-15-24;1-3-11-9(2)12-14(13-11)10-7-5-4-6-8-10/h3-15H,16-18H2,1-2H3,(H,32,33);4-8H,3H2,1-2H3. The molecule has 0 bridgehead atoms. The van der Waals surface area contributed by atoms with Crippen LogP contribution in [0.2, 0.25) is 0 Å². The number of ether oxygens (including phenoxy) is 3. The Morgan fingerprint density at radius 1 is 0.686 bits per heavy atom. The fourth-order valence-corrected chi connectivity index (χ4v) is 4.85. The summed E-state index contributed by atoms with van der Waals surface area (Å²) < 4.78 is 16.3. The fraction of sp³-hybridized carbons (Fsp3) is 0.211. The first-order chi connectivity index (χ1) is 24.7. The van der Waals surface area contributed by atoms with Gasteiger partial charge in [-0.15, -0.1) is 5.10 Å². The van der Waals surface area contributed by atoms with Gasteiger partial charge in [-0.3, -0.25) is 9.69 Å². The van der Waals surface area contributed by atoms with Gasteiger partial charge < -0.3 is 19.3 Å². The Bertz CT molecular complexity index is 2010. The molecule has 0 atom stereocenters. The highest BCUT2D eigenvalue weighted by atomic mass is 16.6. The molecule has 0 unspecified atom stereocenters. The largest absolute Gasteiger partial charge is 0.497 e. The number of methoxy groups -OCH3 is 1. The number of carboxylic acids is 1. The van der Waals surface area contributed by atoms with Gasteiger partial charge in [-0.25, -0.2) is 4.79 Å². The van der Waals surface area contributed by atoms with E-state index in [1.54, 1.807) is 58.1 Å². The number of para-hydroxylation sites is 2. The molecule has 0 aliphatic carbocycles. The number of hydrogen-bond acceptors (Lipinski definition) is 9. The van der Waals surface area contributed by atoms with Gasteiger partial charge in [0.05, 0.1) is 35.6 Å². The van der Waals surface area contributed by atoms with Crippen LogP contribution in [0.1, 0.15) is 35.3 Å². The number of carbonyl (C=O) groups excluding carboxylic acids is 1. The third-order valence-electron chi connectivity index (χ3n) is 7.59. The van der Waals surface area contributed by atoms with E-state index in [9.17, 15) is 14.7 Å². The van der Waals surface area contributed by atoms with E-state index in [1.807, 2.05) is 74.5 Å². The fourth-order valence-electron chi connectivity index (χ4n) is 4.85. The summed E-state index contributed by atoms with van der Waals surface area (Å²) in [6.45, 7) is 5.72. The maximum atomic E-state index is 12.6. The van der Waals surface area contributed by atoms with Crippen LogP contribution in [0.4, 0.5) is 4.79 Å². The minimum absolute atomic E-state index is 0.0477. The molecular weight excluding hydrogens is 650 g/mol. The SMILES string of the molecule is CCc1nn(-c2ccccc2)nc1C.COc1ccc(OC(=O)N(CC(=O)O)Cc2ccc(OCc3nn(-c4ccccc4)nc3C)cc2)cc1. The number of benzene rings is 4. The first kappa shape index (κ1) is 35.8. The molecule has 4 aromatic carbocycles. The molecule has 2 heterocycles. The summed E-state index contributed by atoms with van der Waals surface area (Å²) in [5, 5.41) is 27.0. The second kappa shape index (κ2) is 17.2. The molecule has 0 radical (unpaired) electrons. The molecule has 0 saturated heterocycles. The van der Waals surface area contributed by atoms with Crippen LogP contribution >= 0.6 is 0 Å². The lowest BCUT2D eigenvalue weighted by molar-refractivity contribution is -0.138. The van der Waals surface area contributed by atoms with Crippen molar-refractivity contribution in [3.8, 4) is 28.6 Å². The van der Waals surface area contributed by atoms with E-state index < -0.39 is 18.6 Å². The summed E-state index contributed by atoms with van der Waals surface area (Å²) in [6, 6.07) is 33.0. The zero-order chi connectivity index (χ0) is 36.2. The van der Waals surface area contributed by atoms with Crippen LogP contribution in [0.3, 0.4) is 0 Å². The number of carboxylic acid groups (broad SMARTS) is 1. The molecule has 13 nitrogen and oxygen atoms in total. The third kappa shape index (κ3) is 10.0. The van der Waals surface area contributed by atoms with Crippen molar-refractivity contribution in [1.29, 1.82) is 0 Å². The molecular formula is C38H39N7O6. The highest BCUT2D eigenvalue weighted by molar-refractivity contribution is 5.78. The summed E-state index contributed by atoms with van der Waals surface area (Å²) in [6.07, 6.45) is 0.156. The molecule has 0 saturated carbocycles. The van der Waals surface area contributed by atoms with Gasteiger partial charge >= 0.3 is 12.1 Å². The molecule has 0 aliphatic rings. The number of nitrogens with zero attached hydrogens (tertiary/aromatic N) is 7. The molecule has 1 amide bonds. The van der Waals surface area contributed by atoms with E-state index >= 15 is 0 Å². The second-order valence-corrected chi connectivity index (χ2v) is 11.3. The van der Waals surface area contributed by atoms with E-state index in [0.717, 1.165) is 39.8 Å². The topological polar surface area (TPSA) is 147 Å². The van der Waals surface area contributed by atoms with Gasteiger partial charge in [0.25, 0.3) is 0 Å². The molecule has 13 heteroatoms. The van der Waals surface area contributed by atoms with Gasteiger partial charge in [0, 0.05) is 6.54 Å². The zero-order valence-corrected chi connectivity index (χ0v) is 28.8. The van der Waals surface area contributed by atoms with Gasteiger partial charge in [0.1, 0.15) is 36.1 Å². The number of carbonyl (C=O) groups is 2. The van der Waals surface area contributed by atoms with Crippen LogP contribution in [-0.2, 0) is 24.4 Å². The number of aliphatic carboxylic acids is 1. The minimum atomic E-state index is -1.15. The van der Waals surface area contributed by atoms with E-state index in [4.69, 9.17) is 14.2 Å². The summed E-state index contributed by atoms with van der Waals surface area (Å²) >= 11 is 0. The summed E-state index contributed by atoms with van der Waals surface area (Å²) in [7, 11) is 1.53. The predicted octanol–water partition coefficient (Wildman–Crippen LogP) is 6.39. The Hall–Kier alpha value is -6.50. The van der Waals surface area contributed by atoms with Crippen LogP contribution in [0, 0.1) is 13.8 Å². The van der Waals surface area contributed by atoms with Crippen LogP contribution < -0.4 is 14.2 Å². The average molecular weight is 690 g/mol. The Morgan fingerprint density at radius 3 is 1.71 bits per heavy atom. The lowest BCUT2D eigenvalue weighted by Gasteiger charge is -2.20. The van der Waals surface area contributed by atoms with Crippen LogP contribution in [0.15, 0.2) is 109 Å². The lowest BCUT2D eigenvalue weighted by Crippen LogP contribution is -2.37. The normalized spacial score (nSPS) is 10.5. The van der Waals surface area contributed by atoms with Crippen molar-refractivity contribution in [2.75, 3.05) is 13.7 Å². The van der Waals surface area contributed by atoms with Crippen molar-refractivity contribution in [2.45, 2.75) is 40.3 Å². The molecule has 262 valence electrons. The summed E-state index contributed by atoms with van der Waals surface area (Å²) in [4.78, 5) is 28.3. The summed E-state index contributed by atoms with van der Waals surface area (Å²) in [5.41, 5.74) is 6.13. The Kier molecular flexibility index (Phi) is 12.1. The van der Waals surface area contributed by atoms with Gasteiger partial charge in [-0.2, -0.15) is 24.9 Å². The van der Waals surface area contributed by atoms with Crippen molar-refractivity contribution in [3.05, 3.63) is 138 Å². The van der Waals surface area contributed by atoms with Gasteiger partial charge in [0.15, 0.2) is 0 Å². The monoisotopic (exact) mass is 689 g/mol. The zero-order valence-electron chi connectivity index (χ0n) is 28.8. The van der Waals surface area contributed by atoms with Gasteiger partial charge in [-0.1, -0.05) is 55.5 Å². The van der Waals surface area contributed by atoms with E-state index in [1.165, 1.54) is 7.11 Å². The predicted molar refractivity (Wildman–Crippen MR) is 189 cm³/mol. The van der Waals surface area contributed by atoms with Gasteiger partial charge in [-0.05, 0) is 86.5 Å². The van der Waals surface area contributed by atoms with Crippen LogP contribution in [0.25, 0.3) is 11.4 Å². The first-order valence-corrected chi connectivity index (χ1v) is 16.2. The number of hydrogen-bond donors (Lipinski definition) is 1. The Morgan fingerprint density at radius 2 is 1.20 bits per heavy atom. The van der Waals surface area contributed by atoms with Crippen molar-refractivity contribution in [3.63, 3.8) is 0 Å². The summed E-state index contributed by atoms with van der Waals surface area (Å²) in [5.74, 6) is 0.346. The van der Waals surface area contributed by atoms with Crippen LogP contribution in [0.5, 0.6) is 17.2 Å². The molecule has 6 aromatic rings. The number of aromatic nitrogens is 6. The molecule has 0 spiro atoms. The maximum Gasteiger partial charge on any atom is 0.416 e. The van der Waals surface area contributed by atoms with Crippen molar-refractivity contribution in [2.24, 2.45) is 0 Å². The minimum Gasteiger partial charge on any atom is -0.497 e. The highest BCUT2D eigenvalue weighted by Crippen LogP contribution is 2.20. The molecule has 51 heavy (non-hydrogen) atoms. The molecule has 0 aliphatic heterocycles. The number of aryl methyl sites for hydroxylation is 3. The third-order valence-corrected chi connectivity index (χ3v) is 7.59. The number of rotatable bonds is 12. The second-order valence-electron chi connectivity index (χ2n) is 11.3. The Balaban J connectivity index is 0.000000299. The Labute approximate surface area is 295 Å². The molecule has 2 aromatic heterocycles. The van der Waals surface area contributed by atoms with Crippen molar-refractivity contribution in [1.82, 2.24) is 34.9 Å². The molecule has 6 rings (SSSR count). The molecule has 0 fully saturated rings. The smallest absolute Gasteiger partial charge is 0.416 e. The van der Waals surface area contributed by atoms with Crippen molar-refractivity contribution >= 4 is 12.1 Å². The molecule has 1 N–H and O–H groups in total. The van der Waals surface area contributed by atoms with Crippen molar-refractivity contribution < 1.29 is 28.9 Å². The van der Waals surface area contributed by atoms with E-state index in [-0.39, 0.29) is 18.9 Å². The first-order valence-electron chi connectivity index (χ1n) is 16.2. The lowest BCUT2D eigenvalue weighted by atomic mass is 10.2. The average Bonchev–Trinajstić information content (AvgIpc) is 3.73.